The summed E-state index contributed by atoms with van der Waals surface area (Å²) in [5, 5.41) is -0.557. The maximum atomic E-state index is 12.8. The van der Waals surface area contributed by atoms with E-state index in [9.17, 15) is 9.59 Å². The van der Waals surface area contributed by atoms with Crippen molar-refractivity contribution in [2.75, 3.05) is 25.7 Å². The smallest absolute Gasteiger partial charge is 0.224 e. The topological polar surface area (TPSA) is 71.1 Å². The second kappa shape index (κ2) is 7.63. The molecule has 0 N–H and O–H groups in total. The third-order valence-corrected chi connectivity index (χ3v) is 6.52. The monoisotopic (exact) mass is 380 g/mol. The van der Waals surface area contributed by atoms with E-state index in [2.05, 4.69) is 0 Å². The summed E-state index contributed by atoms with van der Waals surface area (Å²) in [6.07, 6.45) is 0. The van der Waals surface area contributed by atoms with Gasteiger partial charge in [-0.3, -0.25) is 9.59 Å². The Balaban J connectivity index is 3.51. The molecule has 140 valence electrons. The van der Waals surface area contributed by atoms with Gasteiger partial charge in [0.1, 0.15) is 0 Å². The Morgan fingerprint density at radius 1 is 0.792 bits per heavy atom. The van der Waals surface area contributed by atoms with Crippen molar-refractivity contribution >= 4 is 33.8 Å². The van der Waals surface area contributed by atoms with Crippen LogP contribution in [0, 0.1) is 0 Å². The second-order valence-corrected chi connectivity index (χ2v) is 8.48. The van der Waals surface area contributed by atoms with Gasteiger partial charge < -0.3 is 18.9 Å². The zero-order valence-electron chi connectivity index (χ0n) is 15.7. The second-order valence-electron chi connectivity index (χ2n) is 6.01. The molecule has 0 amide bonds. The minimum absolute atomic E-state index is 0.279. The van der Waals surface area contributed by atoms with Crippen LogP contribution in [-0.2, 0) is 28.5 Å². The van der Waals surface area contributed by atoms with Crippen LogP contribution in [0.15, 0.2) is 0 Å². The van der Waals surface area contributed by atoms with Crippen molar-refractivity contribution in [2.24, 2.45) is 0 Å². The summed E-state index contributed by atoms with van der Waals surface area (Å²) in [5.41, 5.74) is -3.04. The molecule has 4 atom stereocenters. The highest BCUT2D eigenvalue weighted by Crippen LogP contribution is 2.51. The van der Waals surface area contributed by atoms with Crippen molar-refractivity contribution in [3.63, 3.8) is 0 Å². The first-order valence-electron chi connectivity index (χ1n) is 7.85. The van der Waals surface area contributed by atoms with Crippen molar-refractivity contribution in [3.8, 4) is 0 Å². The third-order valence-electron chi connectivity index (χ3n) is 4.64. The fourth-order valence-electron chi connectivity index (χ4n) is 2.62. The van der Waals surface area contributed by atoms with E-state index in [-0.39, 0.29) is 10.2 Å². The van der Waals surface area contributed by atoms with Crippen LogP contribution in [0.25, 0.3) is 0 Å². The predicted molar refractivity (Wildman–Crippen MR) is 96.1 cm³/mol. The molecule has 0 aromatic rings. The van der Waals surface area contributed by atoms with Gasteiger partial charge in [-0.2, -0.15) is 0 Å². The maximum Gasteiger partial charge on any atom is 0.224 e. The molecule has 1 aliphatic rings. The molecule has 0 aromatic carbocycles. The van der Waals surface area contributed by atoms with E-state index in [0.29, 0.717) is 11.5 Å². The van der Waals surface area contributed by atoms with Gasteiger partial charge in [-0.05, 0) is 39.2 Å². The summed E-state index contributed by atoms with van der Waals surface area (Å²) in [4.78, 5) is 25.7. The van der Waals surface area contributed by atoms with E-state index in [1.807, 2.05) is 13.8 Å². The van der Waals surface area contributed by atoms with E-state index in [4.69, 9.17) is 18.9 Å². The predicted octanol–water partition coefficient (Wildman–Crippen LogP) is 2.84. The number of carbonyl (C=O) groups is 2. The summed E-state index contributed by atoms with van der Waals surface area (Å²) < 4.78 is 23.3. The van der Waals surface area contributed by atoms with Crippen molar-refractivity contribution in [1.82, 2.24) is 0 Å². The molecule has 8 heteroatoms. The Bertz CT molecular complexity index is 457. The molecule has 0 bridgehead atoms. The van der Waals surface area contributed by atoms with Crippen LogP contribution < -0.4 is 0 Å². The molecule has 1 aliphatic heterocycles. The number of carbonyl (C=O) groups excluding carboxylic acids is 2. The number of thioether (sulfide) groups is 2. The average molecular weight is 381 g/mol. The number of rotatable bonds is 6. The van der Waals surface area contributed by atoms with Crippen LogP contribution in [-0.4, -0.2) is 58.7 Å². The molecule has 0 radical (unpaired) electrons. The molecule has 1 heterocycles. The summed E-state index contributed by atoms with van der Waals surface area (Å²) in [6.45, 7) is 10.2. The van der Waals surface area contributed by atoms with Gasteiger partial charge >= 0.3 is 0 Å². The molecule has 1 fully saturated rings. The van der Waals surface area contributed by atoms with E-state index < -0.39 is 22.8 Å². The fourth-order valence-corrected chi connectivity index (χ4v) is 4.17. The van der Waals surface area contributed by atoms with Crippen LogP contribution in [0.4, 0.5) is 0 Å². The highest BCUT2D eigenvalue weighted by atomic mass is 32.2. The number of hydrogen-bond donors (Lipinski definition) is 0. The minimum Gasteiger partial charge on any atom is -0.349 e. The quantitative estimate of drug-likeness (QED) is 0.697. The molecule has 0 aliphatic carbocycles. The molecule has 1 rings (SSSR count). The normalized spacial score (nSPS) is 39.7. The Hall–Kier alpha value is -0.120. The molecule has 0 spiro atoms. The average Bonchev–Trinajstić information content (AvgIpc) is 2.53. The zero-order chi connectivity index (χ0) is 18.8. The Kier molecular flexibility index (Phi) is 6.97. The molecular formula is C16H28O6S2. The van der Waals surface area contributed by atoms with Crippen molar-refractivity contribution in [1.29, 1.82) is 0 Å². The number of hydrogen-bond acceptors (Lipinski definition) is 8. The van der Waals surface area contributed by atoms with E-state index in [1.165, 1.54) is 14.2 Å². The van der Waals surface area contributed by atoms with Gasteiger partial charge in [0.25, 0.3) is 0 Å². The molecule has 0 unspecified atom stereocenters. The first-order chi connectivity index (χ1) is 11.0. The van der Waals surface area contributed by atoms with E-state index >= 15 is 0 Å². The Morgan fingerprint density at radius 2 is 1.08 bits per heavy atom. The van der Waals surface area contributed by atoms with E-state index in [1.54, 1.807) is 27.7 Å². The van der Waals surface area contributed by atoms with Crippen LogP contribution in [0.5, 0.6) is 0 Å². The van der Waals surface area contributed by atoms with Crippen LogP contribution in [0.1, 0.15) is 41.5 Å². The minimum atomic E-state index is -1.52. The van der Waals surface area contributed by atoms with Gasteiger partial charge in [-0.15, -0.1) is 0 Å². The van der Waals surface area contributed by atoms with Gasteiger partial charge in [0, 0.05) is 14.2 Å². The largest absolute Gasteiger partial charge is 0.349 e. The molecule has 0 aromatic heterocycles. The lowest BCUT2D eigenvalue weighted by Crippen LogP contribution is -2.76. The van der Waals surface area contributed by atoms with Gasteiger partial charge in [0.15, 0.2) is 11.2 Å². The first-order valence-corrected chi connectivity index (χ1v) is 9.82. The van der Waals surface area contributed by atoms with Gasteiger partial charge in [-0.25, -0.2) is 0 Å². The SMILES string of the molecule is CCSC(=O)[C@]1(C)O[C@@](C)(OC)[C@](C)(OC)O[C@]1(C)C(=O)SCC. The summed E-state index contributed by atoms with van der Waals surface area (Å²) in [6, 6.07) is 0. The van der Waals surface area contributed by atoms with Gasteiger partial charge in [0.2, 0.25) is 21.8 Å². The van der Waals surface area contributed by atoms with Gasteiger partial charge in [0.05, 0.1) is 0 Å². The fraction of sp³-hybridized carbons (Fsp3) is 0.875. The zero-order valence-corrected chi connectivity index (χ0v) is 17.3. The highest BCUT2D eigenvalue weighted by molar-refractivity contribution is 8.14. The number of methoxy groups -OCH3 is 2. The van der Waals surface area contributed by atoms with Gasteiger partial charge in [-0.1, -0.05) is 37.4 Å². The van der Waals surface area contributed by atoms with Crippen LogP contribution in [0.3, 0.4) is 0 Å². The van der Waals surface area contributed by atoms with Crippen LogP contribution >= 0.6 is 23.5 Å². The van der Waals surface area contributed by atoms with E-state index in [0.717, 1.165) is 23.5 Å². The molecule has 6 nitrogen and oxygen atoms in total. The lowest BCUT2D eigenvalue weighted by atomic mass is 9.83. The summed E-state index contributed by atoms with van der Waals surface area (Å²) in [5.74, 6) is -1.60. The standard InChI is InChI=1S/C16H28O6S2/c1-9-23-11(17)13(3)14(4,12(18)24-10-2)22-16(6,20-8)15(5,19-7)21-13/h9-10H2,1-8H3/t13-,14+,15-,16-/m1/s1. The lowest BCUT2D eigenvalue weighted by molar-refractivity contribution is -0.469. The highest BCUT2D eigenvalue weighted by Gasteiger charge is 2.70. The third kappa shape index (κ3) is 3.29. The number of ether oxygens (including phenoxy) is 4. The van der Waals surface area contributed by atoms with Crippen molar-refractivity contribution in [2.45, 2.75) is 64.3 Å². The van der Waals surface area contributed by atoms with Crippen LogP contribution in [0.2, 0.25) is 0 Å². The Morgan fingerprint density at radius 3 is 1.29 bits per heavy atom. The molecule has 1 saturated heterocycles. The Labute approximate surface area is 152 Å². The van der Waals surface area contributed by atoms with Crippen molar-refractivity contribution < 1.29 is 28.5 Å². The molecule has 24 heavy (non-hydrogen) atoms. The maximum absolute atomic E-state index is 12.8. The molecule has 0 saturated carbocycles. The molecular weight excluding hydrogens is 352 g/mol. The van der Waals surface area contributed by atoms with Crippen molar-refractivity contribution in [3.05, 3.63) is 0 Å². The summed E-state index contributed by atoms with van der Waals surface area (Å²) in [7, 11) is 2.90. The first kappa shape index (κ1) is 21.9. The summed E-state index contributed by atoms with van der Waals surface area (Å²) >= 11 is 2.18. The lowest BCUT2D eigenvalue weighted by Gasteiger charge is -2.58.